The summed E-state index contributed by atoms with van der Waals surface area (Å²) in [6, 6.07) is 15.3. The molecule has 0 aliphatic carbocycles. The summed E-state index contributed by atoms with van der Waals surface area (Å²) >= 11 is 0. The Morgan fingerprint density at radius 1 is 0.897 bits per heavy atom. The van der Waals surface area contributed by atoms with Gasteiger partial charge < -0.3 is 9.47 Å². The standard InChI is InChI=1S/C22H26N2O5/c1-16-8-9-19(17(2)14-16)29-15-21(26)24-23-20(25)10-11-22(27)28-13-12-18-6-4-3-5-7-18/h3-9,14H,10-13,15H2,1-2H3,(H,23,25)(H,24,26). The molecule has 0 radical (unpaired) electrons. The third-order valence-corrected chi connectivity index (χ3v) is 4.08. The summed E-state index contributed by atoms with van der Waals surface area (Å²) in [5, 5.41) is 0. The first-order chi connectivity index (χ1) is 13.9. The summed E-state index contributed by atoms with van der Waals surface area (Å²) < 4.78 is 10.5. The smallest absolute Gasteiger partial charge is 0.306 e. The molecule has 0 unspecified atom stereocenters. The Hall–Kier alpha value is -3.35. The second-order valence-corrected chi connectivity index (χ2v) is 6.61. The van der Waals surface area contributed by atoms with Gasteiger partial charge in [0.05, 0.1) is 13.0 Å². The Balaban J connectivity index is 1.57. The summed E-state index contributed by atoms with van der Waals surface area (Å²) in [7, 11) is 0. The van der Waals surface area contributed by atoms with Crippen molar-refractivity contribution in [2.45, 2.75) is 33.1 Å². The monoisotopic (exact) mass is 398 g/mol. The van der Waals surface area contributed by atoms with Crippen LogP contribution in [0.5, 0.6) is 5.75 Å². The number of nitrogens with one attached hydrogen (secondary N) is 2. The van der Waals surface area contributed by atoms with Gasteiger partial charge in [0.15, 0.2) is 6.61 Å². The number of esters is 1. The topological polar surface area (TPSA) is 93.7 Å². The fourth-order valence-electron chi connectivity index (χ4n) is 2.56. The van der Waals surface area contributed by atoms with Crippen molar-refractivity contribution in [3.05, 3.63) is 65.2 Å². The van der Waals surface area contributed by atoms with Crippen LogP contribution < -0.4 is 15.6 Å². The van der Waals surface area contributed by atoms with Crippen LogP contribution in [0.3, 0.4) is 0 Å². The SMILES string of the molecule is Cc1ccc(OCC(=O)NNC(=O)CCC(=O)OCCc2ccccc2)c(C)c1. The molecule has 0 atom stereocenters. The van der Waals surface area contributed by atoms with Gasteiger partial charge in [-0.3, -0.25) is 25.2 Å². The quantitative estimate of drug-likeness (QED) is 0.500. The minimum atomic E-state index is -0.497. The number of rotatable bonds is 9. The van der Waals surface area contributed by atoms with Gasteiger partial charge in [0.2, 0.25) is 5.91 Å². The van der Waals surface area contributed by atoms with Crippen LogP contribution in [-0.4, -0.2) is 31.0 Å². The molecule has 0 saturated heterocycles. The number of benzene rings is 2. The summed E-state index contributed by atoms with van der Waals surface area (Å²) in [6.07, 6.45) is 0.479. The van der Waals surface area contributed by atoms with Gasteiger partial charge in [-0.2, -0.15) is 0 Å². The second kappa shape index (κ2) is 11.5. The molecule has 2 rings (SSSR count). The molecule has 0 spiro atoms. The molecule has 0 aromatic heterocycles. The Morgan fingerprint density at radius 2 is 1.62 bits per heavy atom. The van der Waals surface area contributed by atoms with Crippen molar-refractivity contribution in [1.29, 1.82) is 0 Å². The minimum absolute atomic E-state index is 0.0600. The maximum absolute atomic E-state index is 11.8. The Morgan fingerprint density at radius 3 is 2.34 bits per heavy atom. The van der Waals surface area contributed by atoms with Crippen molar-refractivity contribution in [2.75, 3.05) is 13.2 Å². The zero-order chi connectivity index (χ0) is 21.1. The highest BCUT2D eigenvalue weighted by Crippen LogP contribution is 2.18. The maximum atomic E-state index is 11.8. The van der Waals surface area contributed by atoms with Crippen molar-refractivity contribution >= 4 is 17.8 Å². The average Bonchev–Trinajstić information content (AvgIpc) is 2.71. The molecule has 154 valence electrons. The van der Waals surface area contributed by atoms with E-state index in [-0.39, 0.29) is 26.1 Å². The van der Waals surface area contributed by atoms with Crippen molar-refractivity contribution < 1.29 is 23.9 Å². The molecule has 2 aromatic rings. The molecule has 2 amide bonds. The van der Waals surface area contributed by atoms with E-state index in [1.54, 1.807) is 6.07 Å². The highest BCUT2D eigenvalue weighted by atomic mass is 16.5. The highest BCUT2D eigenvalue weighted by molar-refractivity contribution is 5.84. The van der Waals surface area contributed by atoms with Gasteiger partial charge in [-0.25, -0.2) is 0 Å². The van der Waals surface area contributed by atoms with Crippen LogP contribution in [0.15, 0.2) is 48.5 Å². The summed E-state index contributed by atoms with van der Waals surface area (Å²) in [6.45, 7) is 3.89. The second-order valence-electron chi connectivity index (χ2n) is 6.61. The lowest BCUT2D eigenvalue weighted by molar-refractivity contribution is -0.145. The van der Waals surface area contributed by atoms with Crippen LogP contribution in [0, 0.1) is 13.8 Å². The first-order valence-corrected chi connectivity index (χ1v) is 9.41. The molecule has 0 aliphatic rings. The number of amides is 2. The average molecular weight is 398 g/mol. The van der Waals surface area contributed by atoms with Crippen LogP contribution in [0.1, 0.15) is 29.5 Å². The number of carbonyl (C=O) groups excluding carboxylic acids is 3. The largest absolute Gasteiger partial charge is 0.483 e. The Bertz CT molecular complexity index is 836. The number of ether oxygens (including phenoxy) is 2. The molecule has 0 aliphatic heterocycles. The molecule has 2 N–H and O–H groups in total. The molecule has 7 nitrogen and oxygen atoms in total. The number of hydrogen-bond donors (Lipinski definition) is 2. The molecule has 0 heterocycles. The molecule has 2 aromatic carbocycles. The lowest BCUT2D eigenvalue weighted by Crippen LogP contribution is -2.43. The van der Waals surface area contributed by atoms with Crippen molar-refractivity contribution in [1.82, 2.24) is 10.9 Å². The fourth-order valence-corrected chi connectivity index (χ4v) is 2.56. The van der Waals surface area contributed by atoms with E-state index in [9.17, 15) is 14.4 Å². The lowest BCUT2D eigenvalue weighted by Gasteiger charge is -2.11. The number of aryl methyl sites for hydroxylation is 2. The predicted octanol–water partition coefficient (Wildman–Crippen LogP) is 2.40. The van der Waals surface area contributed by atoms with E-state index in [1.165, 1.54) is 0 Å². The van der Waals surface area contributed by atoms with Crippen LogP contribution in [-0.2, 0) is 25.5 Å². The molecule has 7 heteroatoms. The van der Waals surface area contributed by atoms with Gasteiger partial charge in [-0.1, -0.05) is 48.0 Å². The van der Waals surface area contributed by atoms with E-state index in [0.29, 0.717) is 12.2 Å². The third-order valence-electron chi connectivity index (χ3n) is 4.08. The molecule has 0 bridgehead atoms. The van der Waals surface area contributed by atoms with Gasteiger partial charge >= 0.3 is 5.97 Å². The maximum Gasteiger partial charge on any atom is 0.306 e. The van der Waals surface area contributed by atoms with Crippen molar-refractivity contribution in [3.63, 3.8) is 0 Å². The first-order valence-electron chi connectivity index (χ1n) is 9.41. The summed E-state index contributed by atoms with van der Waals surface area (Å²) in [5.74, 6) is -0.829. The van der Waals surface area contributed by atoms with Gasteiger partial charge in [-0.05, 0) is 31.0 Å². The zero-order valence-corrected chi connectivity index (χ0v) is 16.7. The van der Waals surface area contributed by atoms with E-state index < -0.39 is 17.8 Å². The van der Waals surface area contributed by atoms with E-state index in [1.807, 2.05) is 56.3 Å². The summed E-state index contributed by atoms with van der Waals surface area (Å²) in [5.41, 5.74) is 7.61. The van der Waals surface area contributed by atoms with E-state index >= 15 is 0 Å². The number of hydrogen-bond acceptors (Lipinski definition) is 5. The van der Waals surface area contributed by atoms with E-state index in [2.05, 4.69) is 10.9 Å². The zero-order valence-electron chi connectivity index (χ0n) is 16.7. The molecule has 29 heavy (non-hydrogen) atoms. The van der Waals surface area contributed by atoms with Crippen LogP contribution >= 0.6 is 0 Å². The van der Waals surface area contributed by atoms with Gasteiger partial charge in [0.1, 0.15) is 5.75 Å². The molecule has 0 fully saturated rings. The third kappa shape index (κ3) is 8.47. The van der Waals surface area contributed by atoms with Gasteiger partial charge in [0, 0.05) is 12.8 Å². The molecular formula is C22H26N2O5. The predicted molar refractivity (Wildman–Crippen MR) is 108 cm³/mol. The first kappa shape index (κ1) is 21.9. The fraction of sp³-hybridized carbons (Fsp3) is 0.318. The molecule has 0 saturated carbocycles. The highest BCUT2D eigenvalue weighted by Gasteiger charge is 2.10. The van der Waals surface area contributed by atoms with Gasteiger partial charge in [0.25, 0.3) is 5.91 Å². The van der Waals surface area contributed by atoms with Gasteiger partial charge in [-0.15, -0.1) is 0 Å². The Labute approximate surface area is 170 Å². The van der Waals surface area contributed by atoms with Crippen molar-refractivity contribution in [3.8, 4) is 5.75 Å². The van der Waals surface area contributed by atoms with Crippen LogP contribution in [0.2, 0.25) is 0 Å². The Kier molecular flexibility index (Phi) is 8.69. The number of hydrazine groups is 1. The minimum Gasteiger partial charge on any atom is -0.483 e. The molecular weight excluding hydrogens is 372 g/mol. The lowest BCUT2D eigenvalue weighted by atomic mass is 10.1. The van der Waals surface area contributed by atoms with Crippen molar-refractivity contribution in [2.24, 2.45) is 0 Å². The van der Waals surface area contributed by atoms with Crippen LogP contribution in [0.25, 0.3) is 0 Å². The normalized spacial score (nSPS) is 10.1. The van der Waals surface area contributed by atoms with Crippen LogP contribution in [0.4, 0.5) is 0 Å². The number of carbonyl (C=O) groups is 3. The van der Waals surface area contributed by atoms with E-state index in [4.69, 9.17) is 9.47 Å². The summed E-state index contributed by atoms with van der Waals surface area (Å²) in [4.78, 5) is 35.2. The van der Waals surface area contributed by atoms with E-state index in [0.717, 1.165) is 16.7 Å².